The van der Waals surface area contributed by atoms with Crippen molar-refractivity contribution in [3.05, 3.63) is 42.0 Å². The van der Waals surface area contributed by atoms with E-state index >= 15 is 0 Å². The summed E-state index contributed by atoms with van der Waals surface area (Å²) in [6.45, 7) is -4.43. The number of anilines is 1. The molecule has 4 amide bonds. The first-order chi connectivity index (χ1) is 23.5. The largest absolute Gasteiger partial charge is 0.480 e. The van der Waals surface area contributed by atoms with Gasteiger partial charge in [0.15, 0.2) is 0 Å². The molecule has 50 heavy (non-hydrogen) atoms. The molecule has 1 aromatic rings. The van der Waals surface area contributed by atoms with Crippen LogP contribution in [0.5, 0.6) is 0 Å². The van der Waals surface area contributed by atoms with Crippen molar-refractivity contribution in [3.8, 4) is 0 Å². The number of hydrogen-bond donors (Lipinski definition) is 7. The molecule has 1 atom stereocenters. The summed E-state index contributed by atoms with van der Waals surface area (Å²) in [6, 6.07) is 5.19. The van der Waals surface area contributed by atoms with Gasteiger partial charge in [-0.15, -0.1) is 0 Å². The third-order valence-corrected chi connectivity index (χ3v) is 7.09. The summed E-state index contributed by atoms with van der Waals surface area (Å²) in [5, 5.41) is 51.6. The van der Waals surface area contributed by atoms with Gasteiger partial charge in [-0.25, -0.2) is 0 Å². The molecule has 0 spiro atoms. The number of aliphatic carboxylic acids is 5. The molecule has 0 saturated heterocycles. The number of carboxylic acid groups (broad SMARTS) is 5. The molecular weight excluding hydrogens is 668 g/mol. The van der Waals surface area contributed by atoms with E-state index in [-0.39, 0.29) is 39.0 Å². The molecule has 0 aromatic heterocycles. The van der Waals surface area contributed by atoms with Crippen LogP contribution in [-0.4, -0.2) is 170 Å². The minimum absolute atomic E-state index is 0.00642. The quantitative estimate of drug-likeness (QED) is 0.0538. The summed E-state index contributed by atoms with van der Waals surface area (Å²) < 4.78 is 0. The van der Waals surface area contributed by atoms with E-state index in [1.807, 2.05) is 0 Å². The number of benzene rings is 1. The predicted molar refractivity (Wildman–Crippen MR) is 169 cm³/mol. The van der Waals surface area contributed by atoms with Crippen molar-refractivity contribution >= 4 is 59.2 Å². The second-order valence-corrected chi connectivity index (χ2v) is 11.1. The molecule has 2 rings (SSSR count). The van der Waals surface area contributed by atoms with Gasteiger partial charge in [0.05, 0.1) is 39.3 Å². The summed E-state index contributed by atoms with van der Waals surface area (Å²) >= 11 is 0. The Morgan fingerprint density at radius 2 is 1.14 bits per heavy atom. The fraction of sp³-hybridized carbons (Fsp3) is 0.433. The maximum Gasteiger partial charge on any atom is 0.317 e. The fourth-order valence-electron chi connectivity index (χ4n) is 4.91. The smallest absolute Gasteiger partial charge is 0.317 e. The Bertz CT molecular complexity index is 1430. The second kappa shape index (κ2) is 19.9. The first-order valence-corrected chi connectivity index (χ1v) is 15.0. The lowest BCUT2D eigenvalue weighted by molar-refractivity contribution is -0.144. The molecule has 1 aliphatic heterocycles. The average Bonchev–Trinajstić information content (AvgIpc) is 3.32. The standard InChI is InChI=1S/C30H38N6O14/c37-22(7-8-36-24(39)5-6-25(36)40)31-12-23(38)32-20-3-1-19(2-4-20)11-21(35(17-29(47)48)18-30(49)50)13-33(14-26(41)42)9-10-34(15-27(43)44)16-28(45)46/h1-6,21H,7-18H2,(H,31,37)(H,32,38)(H,41,42)(H,43,44)(H,45,46)(H,47,48)(H,49,50). The van der Waals surface area contributed by atoms with Gasteiger partial charge in [0.1, 0.15) is 0 Å². The van der Waals surface area contributed by atoms with Crippen LogP contribution in [-0.2, 0) is 49.6 Å². The Labute approximate surface area is 284 Å². The summed E-state index contributed by atoms with van der Waals surface area (Å²) in [5.41, 5.74) is 0.845. The topological polar surface area (TPSA) is 292 Å². The molecule has 20 nitrogen and oxygen atoms in total. The van der Waals surface area contributed by atoms with Crippen molar-refractivity contribution in [1.82, 2.24) is 24.9 Å². The highest BCUT2D eigenvalue weighted by Crippen LogP contribution is 2.15. The molecule has 0 radical (unpaired) electrons. The van der Waals surface area contributed by atoms with Crippen LogP contribution in [0.1, 0.15) is 12.0 Å². The first kappa shape index (κ1) is 40.4. The lowest BCUT2D eigenvalue weighted by atomic mass is 10.0. The van der Waals surface area contributed by atoms with E-state index in [9.17, 15) is 58.5 Å². The first-order valence-electron chi connectivity index (χ1n) is 15.0. The number of amides is 4. The van der Waals surface area contributed by atoms with Gasteiger partial charge < -0.3 is 36.2 Å². The van der Waals surface area contributed by atoms with Crippen LogP contribution in [0.4, 0.5) is 5.69 Å². The molecule has 1 aliphatic rings. The van der Waals surface area contributed by atoms with Gasteiger partial charge in [-0.05, 0) is 24.1 Å². The molecule has 1 unspecified atom stereocenters. The SMILES string of the molecule is O=C(O)CN(CCN(CC(=O)O)CC(Cc1ccc(NC(=O)CNC(=O)CCN2C(=O)C=CC2=O)cc1)N(CC(=O)O)CC(=O)O)CC(=O)O. The molecule has 0 aliphatic carbocycles. The minimum atomic E-state index is -1.35. The van der Waals surface area contributed by atoms with Gasteiger partial charge in [-0.3, -0.25) is 62.8 Å². The fourth-order valence-corrected chi connectivity index (χ4v) is 4.91. The number of carbonyl (C=O) groups is 9. The third-order valence-electron chi connectivity index (χ3n) is 7.09. The maximum atomic E-state index is 12.4. The van der Waals surface area contributed by atoms with Gasteiger partial charge in [0.2, 0.25) is 11.8 Å². The van der Waals surface area contributed by atoms with Crippen LogP contribution in [0.15, 0.2) is 36.4 Å². The van der Waals surface area contributed by atoms with E-state index in [0.717, 1.165) is 26.9 Å². The minimum Gasteiger partial charge on any atom is -0.480 e. The zero-order valence-electron chi connectivity index (χ0n) is 26.7. The molecule has 1 aromatic carbocycles. The summed E-state index contributed by atoms with van der Waals surface area (Å²) in [7, 11) is 0. The van der Waals surface area contributed by atoms with Crippen LogP contribution in [0.3, 0.4) is 0 Å². The van der Waals surface area contributed by atoms with Gasteiger partial charge in [-0.2, -0.15) is 0 Å². The number of hydrogen-bond acceptors (Lipinski definition) is 12. The Morgan fingerprint density at radius 1 is 0.660 bits per heavy atom. The number of carboxylic acids is 5. The van der Waals surface area contributed by atoms with Crippen LogP contribution in [0.25, 0.3) is 0 Å². The third kappa shape index (κ3) is 15.4. The monoisotopic (exact) mass is 706 g/mol. The van der Waals surface area contributed by atoms with Crippen LogP contribution in [0, 0.1) is 0 Å². The molecular formula is C30H38N6O14. The molecule has 272 valence electrons. The molecule has 1 heterocycles. The number of nitrogens with one attached hydrogen (secondary N) is 2. The van der Waals surface area contributed by atoms with Crippen molar-refractivity contribution in [3.63, 3.8) is 0 Å². The van der Waals surface area contributed by atoms with Gasteiger partial charge in [0.25, 0.3) is 11.8 Å². The maximum absolute atomic E-state index is 12.4. The van der Waals surface area contributed by atoms with Gasteiger partial charge >= 0.3 is 29.8 Å². The molecule has 0 bridgehead atoms. The van der Waals surface area contributed by atoms with Gasteiger partial charge in [-0.1, -0.05) is 12.1 Å². The summed E-state index contributed by atoms with van der Waals surface area (Å²) in [5.74, 6) is -8.87. The predicted octanol–water partition coefficient (Wildman–Crippen LogP) is -2.70. The highest BCUT2D eigenvalue weighted by atomic mass is 16.4. The van der Waals surface area contributed by atoms with E-state index in [4.69, 9.17) is 10.2 Å². The lowest BCUT2D eigenvalue weighted by Crippen LogP contribution is -2.51. The van der Waals surface area contributed by atoms with Crippen molar-refractivity contribution in [2.75, 3.05) is 70.8 Å². The Balaban J connectivity index is 2.12. The number of nitrogens with zero attached hydrogens (tertiary/aromatic N) is 4. The van der Waals surface area contributed by atoms with E-state index in [2.05, 4.69) is 10.6 Å². The van der Waals surface area contributed by atoms with Gasteiger partial charge in [0, 0.05) is 56.5 Å². The van der Waals surface area contributed by atoms with Crippen molar-refractivity contribution < 1.29 is 68.7 Å². The van der Waals surface area contributed by atoms with E-state index in [1.165, 1.54) is 17.0 Å². The molecule has 0 saturated carbocycles. The van der Waals surface area contributed by atoms with Crippen LogP contribution >= 0.6 is 0 Å². The normalized spacial score (nSPS) is 13.1. The summed E-state index contributed by atoms with van der Waals surface area (Å²) in [6.07, 6.45) is 1.96. The Morgan fingerprint density at radius 3 is 1.64 bits per heavy atom. The van der Waals surface area contributed by atoms with E-state index < -0.39 is 98.8 Å². The van der Waals surface area contributed by atoms with E-state index in [0.29, 0.717) is 11.3 Å². The Kier molecular flexibility index (Phi) is 16.1. The lowest BCUT2D eigenvalue weighted by Gasteiger charge is -2.34. The van der Waals surface area contributed by atoms with Crippen molar-refractivity contribution in [1.29, 1.82) is 0 Å². The Hall–Kier alpha value is -5.73. The van der Waals surface area contributed by atoms with Crippen molar-refractivity contribution in [2.24, 2.45) is 0 Å². The number of imide groups is 1. The summed E-state index contributed by atoms with van der Waals surface area (Å²) in [4.78, 5) is 109. The number of rotatable bonds is 24. The van der Waals surface area contributed by atoms with Crippen LogP contribution < -0.4 is 10.6 Å². The number of carbonyl (C=O) groups excluding carboxylic acids is 4. The zero-order valence-corrected chi connectivity index (χ0v) is 26.7. The molecule has 20 heteroatoms. The molecule has 0 fully saturated rings. The second-order valence-electron chi connectivity index (χ2n) is 11.1. The average molecular weight is 707 g/mol. The van der Waals surface area contributed by atoms with Crippen molar-refractivity contribution in [2.45, 2.75) is 18.9 Å². The van der Waals surface area contributed by atoms with E-state index in [1.54, 1.807) is 12.1 Å². The highest BCUT2D eigenvalue weighted by Gasteiger charge is 2.28. The molecule has 7 N–H and O–H groups in total. The zero-order chi connectivity index (χ0) is 37.4. The highest BCUT2D eigenvalue weighted by molar-refractivity contribution is 6.13. The van der Waals surface area contributed by atoms with Crippen LogP contribution in [0.2, 0.25) is 0 Å².